The number of hydrogen-bond acceptors (Lipinski definition) is 4. The van der Waals surface area contributed by atoms with Gasteiger partial charge in [-0.3, -0.25) is 14.3 Å². The fraction of sp³-hybridized carbons (Fsp3) is 0.267. The van der Waals surface area contributed by atoms with Gasteiger partial charge in [0, 0.05) is 35.6 Å². The van der Waals surface area contributed by atoms with Gasteiger partial charge in [0.1, 0.15) is 0 Å². The fourth-order valence-electron chi connectivity index (χ4n) is 2.29. The molecule has 0 saturated carbocycles. The second-order valence-corrected chi connectivity index (χ2v) is 7.26. The molecule has 0 spiro atoms. The highest BCUT2D eigenvalue weighted by Gasteiger charge is 2.30. The van der Waals surface area contributed by atoms with Crippen molar-refractivity contribution in [2.75, 3.05) is 13.1 Å². The maximum Gasteiger partial charge on any atom is 0.324 e. The van der Waals surface area contributed by atoms with E-state index < -0.39 is 5.25 Å². The highest BCUT2D eigenvalue weighted by molar-refractivity contribution is 9.10. The maximum atomic E-state index is 12.4. The van der Waals surface area contributed by atoms with Crippen LogP contribution >= 0.6 is 27.7 Å². The molecule has 1 unspecified atom stereocenters. The number of aromatic nitrogens is 2. The van der Waals surface area contributed by atoms with Crippen LogP contribution < -0.4 is 5.32 Å². The monoisotopic (exact) mass is 394 g/mol. The molecule has 3 amide bonds. The van der Waals surface area contributed by atoms with E-state index in [4.69, 9.17) is 0 Å². The molecule has 2 aromatic rings. The van der Waals surface area contributed by atoms with Gasteiger partial charge in [0.2, 0.25) is 5.91 Å². The molecule has 1 fully saturated rings. The molecule has 0 bridgehead atoms. The molecule has 3 rings (SSSR count). The van der Waals surface area contributed by atoms with Crippen LogP contribution in [0.4, 0.5) is 4.79 Å². The zero-order valence-corrected chi connectivity index (χ0v) is 14.8. The lowest BCUT2D eigenvalue weighted by Gasteiger charge is -2.17. The SMILES string of the molecule is CC(Sc1nccn1-c1ccc(Br)cc1)C(=O)N1CCNC1=O. The molecule has 1 N–H and O–H groups in total. The molecular formula is C15H15BrN4O2S. The van der Waals surface area contributed by atoms with Crippen LogP contribution in [0.15, 0.2) is 46.3 Å². The van der Waals surface area contributed by atoms with Gasteiger partial charge < -0.3 is 5.32 Å². The smallest absolute Gasteiger partial charge is 0.324 e. The van der Waals surface area contributed by atoms with Gasteiger partial charge in [-0.2, -0.15) is 0 Å². The predicted molar refractivity (Wildman–Crippen MR) is 91.7 cm³/mol. The molecule has 1 aromatic carbocycles. The van der Waals surface area contributed by atoms with Crippen molar-refractivity contribution in [1.82, 2.24) is 19.8 Å². The Morgan fingerprint density at radius 1 is 1.39 bits per heavy atom. The lowest BCUT2D eigenvalue weighted by Crippen LogP contribution is -2.39. The van der Waals surface area contributed by atoms with Crippen LogP contribution in [-0.2, 0) is 4.79 Å². The van der Waals surface area contributed by atoms with Crippen LogP contribution in [0.1, 0.15) is 6.92 Å². The summed E-state index contributed by atoms with van der Waals surface area (Å²) < 4.78 is 2.92. The van der Waals surface area contributed by atoms with Crippen molar-refractivity contribution in [1.29, 1.82) is 0 Å². The Morgan fingerprint density at radius 3 is 2.78 bits per heavy atom. The van der Waals surface area contributed by atoms with Crippen molar-refractivity contribution in [2.45, 2.75) is 17.3 Å². The van der Waals surface area contributed by atoms with Gasteiger partial charge in [-0.25, -0.2) is 9.78 Å². The molecule has 2 heterocycles. The predicted octanol–water partition coefficient (Wildman–Crippen LogP) is 2.67. The Labute approximate surface area is 146 Å². The number of rotatable bonds is 4. The molecule has 23 heavy (non-hydrogen) atoms. The topological polar surface area (TPSA) is 67.2 Å². The standard InChI is InChI=1S/C15H15BrN4O2S/c1-10(13(21)20-9-6-17-14(20)22)23-15-18-7-8-19(15)12-4-2-11(16)3-5-12/h2-5,7-8,10H,6,9H2,1H3,(H,17,22). The zero-order valence-electron chi connectivity index (χ0n) is 12.4. The van der Waals surface area contributed by atoms with Gasteiger partial charge in [-0.05, 0) is 31.2 Å². The normalized spacial score (nSPS) is 15.6. The molecule has 1 aromatic heterocycles. The van der Waals surface area contributed by atoms with Gasteiger partial charge >= 0.3 is 6.03 Å². The van der Waals surface area contributed by atoms with E-state index in [1.54, 1.807) is 13.1 Å². The Balaban J connectivity index is 1.76. The van der Waals surface area contributed by atoms with Gasteiger partial charge in [-0.15, -0.1) is 0 Å². The number of carbonyl (C=O) groups excluding carboxylic acids is 2. The highest BCUT2D eigenvalue weighted by Crippen LogP contribution is 2.26. The van der Waals surface area contributed by atoms with Gasteiger partial charge in [0.05, 0.1) is 5.25 Å². The van der Waals surface area contributed by atoms with Crippen LogP contribution in [0.5, 0.6) is 0 Å². The number of carbonyl (C=O) groups is 2. The van der Waals surface area contributed by atoms with Crippen LogP contribution in [0.25, 0.3) is 5.69 Å². The van der Waals surface area contributed by atoms with Crippen molar-refractivity contribution in [3.63, 3.8) is 0 Å². The number of nitrogens with one attached hydrogen (secondary N) is 1. The van der Waals surface area contributed by atoms with E-state index in [-0.39, 0.29) is 11.9 Å². The number of imide groups is 1. The summed E-state index contributed by atoms with van der Waals surface area (Å²) >= 11 is 4.75. The molecule has 1 saturated heterocycles. The summed E-state index contributed by atoms with van der Waals surface area (Å²) in [5.41, 5.74) is 0.965. The summed E-state index contributed by atoms with van der Waals surface area (Å²) in [6.45, 7) is 2.72. The third-order valence-electron chi connectivity index (χ3n) is 3.46. The summed E-state index contributed by atoms with van der Waals surface area (Å²) in [6.07, 6.45) is 3.55. The summed E-state index contributed by atoms with van der Waals surface area (Å²) in [5.74, 6) is -0.199. The number of amides is 3. The minimum atomic E-state index is -0.393. The van der Waals surface area contributed by atoms with Gasteiger partial charge in [0.25, 0.3) is 0 Å². The molecule has 1 atom stereocenters. The second-order valence-electron chi connectivity index (χ2n) is 5.04. The van der Waals surface area contributed by atoms with Crippen LogP contribution in [-0.4, -0.2) is 44.7 Å². The Bertz CT molecular complexity index is 731. The minimum absolute atomic E-state index is 0.199. The first-order valence-corrected chi connectivity index (χ1v) is 8.78. The molecule has 0 radical (unpaired) electrons. The summed E-state index contributed by atoms with van der Waals surface area (Å²) in [7, 11) is 0. The van der Waals surface area contributed by atoms with E-state index in [1.165, 1.54) is 16.7 Å². The molecule has 120 valence electrons. The maximum absolute atomic E-state index is 12.4. The third-order valence-corrected chi connectivity index (χ3v) is 5.06. The first-order chi connectivity index (χ1) is 11.1. The Morgan fingerprint density at radius 2 is 2.13 bits per heavy atom. The van der Waals surface area contributed by atoms with Gasteiger partial charge in [-0.1, -0.05) is 27.7 Å². The molecule has 1 aliphatic heterocycles. The van der Waals surface area contributed by atoms with E-state index >= 15 is 0 Å². The third kappa shape index (κ3) is 3.42. The average Bonchev–Trinajstić information content (AvgIpc) is 3.16. The number of halogens is 1. The van der Waals surface area contributed by atoms with E-state index in [9.17, 15) is 9.59 Å². The lowest BCUT2D eigenvalue weighted by atomic mass is 10.3. The van der Waals surface area contributed by atoms with E-state index in [1.807, 2.05) is 35.0 Å². The first-order valence-electron chi connectivity index (χ1n) is 7.11. The average molecular weight is 395 g/mol. The number of nitrogens with zero attached hydrogens (tertiary/aromatic N) is 3. The molecule has 0 aliphatic carbocycles. The van der Waals surface area contributed by atoms with Gasteiger partial charge in [0.15, 0.2) is 5.16 Å². The minimum Gasteiger partial charge on any atom is -0.336 e. The fourth-order valence-corrected chi connectivity index (χ4v) is 3.50. The summed E-state index contributed by atoms with van der Waals surface area (Å²) in [6, 6.07) is 7.52. The second kappa shape index (κ2) is 6.76. The van der Waals surface area contributed by atoms with E-state index in [0.29, 0.717) is 18.2 Å². The summed E-state index contributed by atoms with van der Waals surface area (Å²) in [4.78, 5) is 29.6. The lowest BCUT2D eigenvalue weighted by molar-refractivity contribution is -0.126. The van der Waals surface area contributed by atoms with Crippen molar-refractivity contribution in [3.05, 3.63) is 41.1 Å². The Kier molecular flexibility index (Phi) is 4.72. The van der Waals surface area contributed by atoms with Crippen LogP contribution in [0, 0.1) is 0 Å². The zero-order chi connectivity index (χ0) is 16.4. The number of benzene rings is 1. The number of hydrogen-bond donors (Lipinski definition) is 1. The van der Waals surface area contributed by atoms with Crippen molar-refractivity contribution < 1.29 is 9.59 Å². The van der Waals surface area contributed by atoms with E-state index in [0.717, 1.165) is 10.2 Å². The quantitative estimate of drug-likeness (QED) is 0.809. The largest absolute Gasteiger partial charge is 0.336 e. The van der Waals surface area contributed by atoms with Crippen LogP contribution in [0.2, 0.25) is 0 Å². The molecule has 1 aliphatic rings. The number of thioether (sulfide) groups is 1. The molecular weight excluding hydrogens is 380 g/mol. The Hall–Kier alpha value is -1.80. The number of urea groups is 1. The number of imidazole rings is 1. The van der Waals surface area contributed by atoms with E-state index in [2.05, 4.69) is 26.2 Å². The van der Waals surface area contributed by atoms with Crippen molar-refractivity contribution in [3.8, 4) is 5.69 Å². The first kappa shape index (κ1) is 16.1. The molecule has 8 heteroatoms. The van der Waals surface area contributed by atoms with Crippen molar-refractivity contribution in [2.24, 2.45) is 0 Å². The van der Waals surface area contributed by atoms with Crippen molar-refractivity contribution >= 4 is 39.6 Å². The highest BCUT2D eigenvalue weighted by atomic mass is 79.9. The van der Waals surface area contributed by atoms with Crippen LogP contribution in [0.3, 0.4) is 0 Å². The molecule has 6 nitrogen and oxygen atoms in total. The summed E-state index contributed by atoms with van der Waals surface area (Å²) in [5, 5.41) is 2.96.